The lowest BCUT2D eigenvalue weighted by atomic mass is 10.0. The molecule has 0 saturated carbocycles. The summed E-state index contributed by atoms with van der Waals surface area (Å²) in [5.74, 6) is -1.53. The van der Waals surface area contributed by atoms with Gasteiger partial charge in [0.2, 0.25) is 5.91 Å². The Morgan fingerprint density at radius 2 is 1.89 bits per heavy atom. The Hall–Kier alpha value is -3.71. The summed E-state index contributed by atoms with van der Waals surface area (Å²) in [5, 5.41) is 12.9. The molecule has 248 valence electrons. The minimum atomic E-state index is -4.44. The van der Waals surface area contributed by atoms with E-state index in [0.717, 1.165) is 6.42 Å². The van der Waals surface area contributed by atoms with Gasteiger partial charge in [-0.15, -0.1) is 0 Å². The molecule has 1 aliphatic heterocycles. The van der Waals surface area contributed by atoms with E-state index >= 15 is 0 Å². The van der Waals surface area contributed by atoms with Crippen molar-refractivity contribution in [2.24, 2.45) is 5.92 Å². The molecule has 2 heterocycles. The molecule has 1 aromatic carbocycles. The van der Waals surface area contributed by atoms with Gasteiger partial charge >= 0.3 is 6.18 Å². The van der Waals surface area contributed by atoms with E-state index in [2.05, 4.69) is 10.3 Å². The summed E-state index contributed by atoms with van der Waals surface area (Å²) in [5.41, 5.74) is 0.945. The molecule has 45 heavy (non-hydrogen) atoms. The minimum absolute atomic E-state index is 0.0364. The van der Waals surface area contributed by atoms with Crippen LogP contribution in [-0.2, 0) is 9.53 Å². The highest BCUT2D eigenvalue weighted by atomic mass is 19.4. The summed E-state index contributed by atoms with van der Waals surface area (Å²) in [6.07, 6.45) is -2.07. The van der Waals surface area contributed by atoms with Crippen LogP contribution < -0.4 is 10.1 Å². The van der Waals surface area contributed by atoms with E-state index in [1.165, 1.54) is 35.3 Å². The average molecular weight is 637 g/mol. The van der Waals surface area contributed by atoms with Crippen LogP contribution in [0.1, 0.15) is 73.6 Å². The summed E-state index contributed by atoms with van der Waals surface area (Å²) < 4.78 is 50.5. The number of pyridine rings is 1. The molecule has 4 atom stereocenters. The van der Waals surface area contributed by atoms with Crippen LogP contribution in [-0.4, -0.2) is 95.4 Å². The molecule has 3 amide bonds. The first-order chi connectivity index (χ1) is 21.3. The predicted octanol–water partition coefficient (Wildman–Crippen LogP) is 4.93. The zero-order valence-electron chi connectivity index (χ0n) is 26.2. The van der Waals surface area contributed by atoms with Crippen molar-refractivity contribution in [1.29, 1.82) is 0 Å². The lowest BCUT2D eigenvalue weighted by Gasteiger charge is -2.36. The fraction of sp³-hybridized carbons (Fsp3) is 0.562. The number of nitrogens with zero attached hydrogens (tertiary/aromatic N) is 3. The van der Waals surface area contributed by atoms with Gasteiger partial charge in [0.1, 0.15) is 5.75 Å². The molecule has 1 aromatic heterocycles. The fourth-order valence-corrected chi connectivity index (χ4v) is 4.98. The van der Waals surface area contributed by atoms with E-state index in [0.29, 0.717) is 36.4 Å². The normalized spacial score (nSPS) is 20.8. The lowest BCUT2D eigenvalue weighted by Crippen LogP contribution is -2.48. The van der Waals surface area contributed by atoms with Gasteiger partial charge in [0.05, 0.1) is 36.8 Å². The van der Waals surface area contributed by atoms with Crippen LogP contribution in [0.2, 0.25) is 0 Å². The van der Waals surface area contributed by atoms with Crippen LogP contribution in [0.5, 0.6) is 5.75 Å². The highest BCUT2D eigenvalue weighted by molar-refractivity contribution is 6.05. The van der Waals surface area contributed by atoms with E-state index < -0.39 is 43.0 Å². The van der Waals surface area contributed by atoms with Gasteiger partial charge in [-0.3, -0.25) is 19.4 Å². The van der Waals surface area contributed by atoms with E-state index in [1.807, 2.05) is 13.8 Å². The number of carbonyl (C=O) groups is 3. The maximum absolute atomic E-state index is 14.2. The van der Waals surface area contributed by atoms with Gasteiger partial charge in [0, 0.05) is 62.7 Å². The number of fused-ring (bicyclic) bond motifs is 1. The number of aliphatic hydroxyl groups is 1. The molecule has 10 nitrogen and oxygen atoms in total. The number of benzene rings is 1. The molecule has 13 heteroatoms. The van der Waals surface area contributed by atoms with E-state index in [4.69, 9.17) is 9.47 Å². The van der Waals surface area contributed by atoms with Gasteiger partial charge in [0.25, 0.3) is 11.8 Å². The Labute approximate surface area is 261 Å². The van der Waals surface area contributed by atoms with Crippen LogP contribution in [0.15, 0.2) is 42.7 Å². The minimum Gasteiger partial charge on any atom is -0.490 e. The fourth-order valence-electron chi connectivity index (χ4n) is 4.98. The van der Waals surface area contributed by atoms with Gasteiger partial charge in [-0.1, -0.05) is 6.92 Å². The number of carbonyl (C=O) groups excluding carboxylic acids is 3. The SMILES string of the molecule is C[C@H](CO)N1C[C@H](C)[C@@H](CN(C)C(=O)CCC(F)(F)F)OCCCC[C@H](C)Oc2ccc(NC(=O)c3ccncc3)cc2C1=O. The van der Waals surface area contributed by atoms with Crippen molar-refractivity contribution in [2.75, 3.05) is 38.7 Å². The number of hydrogen-bond acceptors (Lipinski definition) is 7. The molecule has 0 bridgehead atoms. The van der Waals surface area contributed by atoms with Crippen LogP contribution in [0, 0.1) is 5.92 Å². The number of hydrogen-bond donors (Lipinski definition) is 2. The topological polar surface area (TPSA) is 121 Å². The first-order valence-corrected chi connectivity index (χ1v) is 15.1. The molecular weight excluding hydrogens is 593 g/mol. The first-order valence-electron chi connectivity index (χ1n) is 15.1. The van der Waals surface area contributed by atoms with E-state index in [-0.39, 0.29) is 43.2 Å². The number of alkyl halides is 3. The molecule has 0 saturated heterocycles. The number of halogens is 3. The van der Waals surface area contributed by atoms with Crippen LogP contribution in [0.3, 0.4) is 0 Å². The zero-order chi connectivity index (χ0) is 33.1. The van der Waals surface area contributed by atoms with Crippen molar-refractivity contribution in [1.82, 2.24) is 14.8 Å². The molecule has 0 spiro atoms. The summed E-state index contributed by atoms with van der Waals surface area (Å²) in [7, 11) is 1.44. The van der Waals surface area contributed by atoms with Crippen molar-refractivity contribution in [3.05, 3.63) is 53.9 Å². The number of nitrogens with one attached hydrogen (secondary N) is 1. The molecular formula is C32H43F3N4O6. The standard InChI is InChI=1S/C32H43F3N4O6/c1-21-18-39(22(2)20-40)31(43)26-17-25(37-30(42)24-11-14-36-15-12-24)8-9-27(26)45-23(3)7-5-6-16-44-28(21)19-38(4)29(41)10-13-32(33,34)35/h8-9,11-12,14-15,17,21-23,28,40H,5-7,10,13,16,18-20H2,1-4H3,(H,37,42)/t21-,22+,23-,28+/m0/s1. The van der Waals surface area contributed by atoms with Crippen molar-refractivity contribution >= 4 is 23.4 Å². The third-order valence-electron chi connectivity index (χ3n) is 7.75. The second-order valence-corrected chi connectivity index (χ2v) is 11.6. The van der Waals surface area contributed by atoms with Crippen LogP contribution >= 0.6 is 0 Å². The van der Waals surface area contributed by atoms with E-state index in [9.17, 15) is 32.7 Å². The quantitative estimate of drug-likeness (QED) is 0.422. The number of likely N-dealkylation sites (N-methyl/N-ethyl adjacent to an activating group) is 1. The van der Waals surface area contributed by atoms with E-state index in [1.54, 1.807) is 31.2 Å². The number of rotatable bonds is 8. The Bertz CT molecular complexity index is 1280. The number of ether oxygens (including phenoxy) is 2. The zero-order valence-corrected chi connectivity index (χ0v) is 26.2. The Kier molecular flexibility index (Phi) is 13.2. The van der Waals surface area contributed by atoms with Crippen LogP contribution in [0.25, 0.3) is 0 Å². The lowest BCUT2D eigenvalue weighted by molar-refractivity contribution is -0.149. The van der Waals surface area contributed by atoms with Crippen molar-refractivity contribution in [3.63, 3.8) is 0 Å². The Balaban J connectivity index is 1.91. The molecule has 2 N–H and O–H groups in total. The summed E-state index contributed by atoms with van der Waals surface area (Å²) >= 11 is 0. The van der Waals surface area contributed by atoms with Gasteiger partial charge in [-0.2, -0.15) is 13.2 Å². The first kappa shape index (κ1) is 35.8. The van der Waals surface area contributed by atoms with Crippen LogP contribution in [0.4, 0.5) is 18.9 Å². The second-order valence-electron chi connectivity index (χ2n) is 11.6. The summed E-state index contributed by atoms with van der Waals surface area (Å²) in [6.45, 7) is 5.57. The third kappa shape index (κ3) is 11.0. The maximum Gasteiger partial charge on any atom is 0.389 e. The highest BCUT2D eigenvalue weighted by Gasteiger charge is 2.32. The molecule has 0 fully saturated rings. The Morgan fingerprint density at radius 1 is 1.18 bits per heavy atom. The number of amides is 3. The maximum atomic E-state index is 14.2. The monoisotopic (exact) mass is 636 g/mol. The highest BCUT2D eigenvalue weighted by Crippen LogP contribution is 2.29. The number of anilines is 1. The molecule has 0 aliphatic carbocycles. The largest absolute Gasteiger partial charge is 0.490 e. The van der Waals surface area contributed by atoms with Gasteiger partial charge < -0.3 is 29.7 Å². The summed E-state index contributed by atoms with van der Waals surface area (Å²) in [6, 6.07) is 7.33. The number of aliphatic hydroxyl groups excluding tert-OH is 1. The number of aromatic nitrogens is 1. The summed E-state index contributed by atoms with van der Waals surface area (Å²) in [4.78, 5) is 46.2. The molecule has 0 unspecified atom stereocenters. The van der Waals surface area contributed by atoms with Crippen molar-refractivity contribution in [3.8, 4) is 5.75 Å². The predicted molar refractivity (Wildman–Crippen MR) is 162 cm³/mol. The van der Waals surface area contributed by atoms with Gasteiger partial charge in [0.15, 0.2) is 0 Å². The average Bonchev–Trinajstić information content (AvgIpc) is 3.01. The van der Waals surface area contributed by atoms with Crippen molar-refractivity contribution in [2.45, 2.75) is 77.3 Å². The Morgan fingerprint density at radius 3 is 2.56 bits per heavy atom. The smallest absolute Gasteiger partial charge is 0.389 e. The van der Waals surface area contributed by atoms with Crippen molar-refractivity contribution < 1.29 is 42.1 Å². The molecule has 2 aromatic rings. The third-order valence-corrected chi connectivity index (χ3v) is 7.75. The van der Waals surface area contributed by atoms with Gasteiger partial charge in [-0.05, 0) is 63.4 Å². The molecule has 0 radical (unpaired) electrons. The second kappa shape index (κ2) is 16.6. The van der Waals surface area contributed by atoms with Gasteiger partial charge in [-0.25, -0.2) is 0 Å². The molecule has 3 rings (SSSR count). The molecule has 1 aliphatic rings.